The van der Waals surface area contributed by atoms with E-state index in [2.05, 4.69) is 28.4 Å². The van der Waals surface area contributed by atoms with Crippen LogP contribution in [0.4, 0.5) is 11.4 Å². The second-order valence-corrected chi connectivity index (χ2v) is 4.44. The van der Waals surface area contributed by atoms with Gasteiger partial charge in [-0.1, -0.05) is 13.3 Å². The van der Waals surface area contributed by atoms with Crippen LogP contribution >= 0.6 is 12.2 Å². The fourth-order valence-corrected chi connectivity index (χ4v) is 1.75. The molecule has 1 rings (SSSR count). The number of carbonyl (C=O) groups excluding carboxylic acids is 1. The van der Waals surface area contributed by atoms with E-state index in [-0.39, 0.29) is 0 Å². The fourth-order valence-electron chi connectivity index (χ4n) is 1.53. The summed E-state index contributed by atoms with van der Waals surface area (Å²) >= 11 is 5.19. The number of nitrogens with one attached hydrogen (secondary N) is 4. The summed E-state index contributed by atoms with van der Waals surface area (Å²) in [5, 5.41) is 6.78. The minimum absolute atomic E-state index is 0.554. The molecule has 1 aromatic rings. The zero-order valence-electron chi connectivity index (χ0n) is 11.7. The molecule has 0 bridgehead atoms. The average Bonchev–Trinajstić information content (AvgIpc) is 2.46. The third kappa shape index (κ3) is 5.31. The first-order valence-electron chi connectivity index (χ1n) is 6.39. The number of methoxy groups -OCH3 is 1. The average molecular weight is 296 g/mol. The highest BCUT2D eigenvalue weighted by molar-refractivity contribution is 7.80. The predicted molar refractivity (Wildman–Crippen MR) is 84.9 cm³/mol. The predicted octanol–water partition coefficient (Wildman–Crippen LogP) is 1.85. The number of hydrogen-bond acceptors (Lipinski definition) is 4. The third-order valence-electron chi connectivity index (χ3n) is 2.54. The van der Waals surface area contributed by atoms with Crippen molar-refractivity contribution in [1.82, 2.24) is 10.7 Å². The van der Waals surface area contributed by atoms with Gasteiger partial charge in [0, 0.05) is 18.3 Å². The first-order chi connectivity index (χ1) is 9.71. The van der Waals surface area contributed by atoms with Gasteiger partial charge in [0.15, 0.2) is 5.11 Å². The molecule has 0 spiro atoms. The quantitative estimate of drug-likeness (QED) is 0.254. The highest BCUT2D eigenvalue weighted by Gasteiger charge is 2.05. The number of anilines is 2. The second kappa shape index (κ2) is 8.98. The Morgan fingerprint density at radius 2 is 2.25 bits per heavy atom. The van der Waals surface area contributed by atoms with Crippen LogP contribution in [0.5, 0.6) is 5.75 Å². The Labute approximate surface area is 124 Å². The van der Waals surface area contributed by atoms with Gasteiger partial charge in [0.2, 0.25) is 6.41 Å². The molecule has 0 fully saturated rings. The smallest absolute Gasteiger partial charge is 0.225 e. The third-order valence-corrected chi connectivity index (χ3v) is 2.79. The molecule has 20 heavy (non-hydrogen) atoms. The van der Waals surface area contributed by atoms with Crippen LogP contribution in [0.15, 0.2) is 18.2 Å². The van der Waals surface area contributed by atoms with Crippen LogP contribution in [0.2, 0.25) is 0 Å². The molecule has 6 nitrogen and oxygen atoms in total. The Balaban J connectivity index is 2.62. The molecule has 0 unspecified atom stereocenters. The summed E-state index contributed by atoms with van der Waals surface area (Å²) in [6.07, 6.45) is 2.75. The van der Waals surface area contributed by atoms with Crippen molar-refractivity contribution in [2.75, 3.05) is 24.4 Å². The first kappa shape index (κ1) is 16.0. The molecule has 1 amide bonds. The van der Waals surface area contributed by atoms with Crippen LogP contribution in [0.1, 0.15) is 19.8 Å². The number of ether oxygens (including phenoxy) is 1. The lowest BCUT2D eigenvalue weighted by Gasteiger charge is -2.14. The minimum Gasteiger partial charge on any atom is -0.494 e. The number of unbranched alkanes of at least 4 members (excludes halogenated alkanes) is 1. The molecule has 0 saturated heterocycles. The maximum atomic E-state index is 10.3. The number of benzene rings is 1. The Morgan fingerprint density at radius 3 is 2.90 bits per heavy atom. The molecule has 1 aromatic carbocycles. The number of amides is 1. The van der Waals surface area contributed by atoms with E-state index in [1.54, 1.807) is 19.2 Å². The summed E-state index contributed by atoms with van der Waals surface area (Å²) in [4.78, 5) is 10.3. The molecular weight excluding hydrogens is 276 g/mol. The summed E-state index contributed by atoms with van der Waals surface area (Å²) in [6, 6.07) is 5.42. The summed E-state index contributed by atoms with van der Waals surface area (Å²) in [6.45, 7) is 2.98. The maximum Gasteiger partial charge on any atom is 0.225 e. The summed E-state index contributed by atoms with van der Waals surface area (Å²) in [5.41, 5.74) is 6.56. The van der Waals surface area contributed by atoms with Gasteiger partial charge in [-0.05, 0) is 30.8 Å². The zero-order chi connectivity index (χ0) is 14.8. The van der Waals surface area contributed by atoms with Crippen LogP contribution in [-0.4, -0.2) is 25.2 Å². The number of carbonyl (C=O) groups is 1. The van der Waals surface area contributed by atoms with Gasteiger partial charge in [0.1, 0.15) is 5.75 Å². The van der Waals surface area contributed by atoms with Gasteiger partial charge in [-0.2, -0.15) is 0 Å². The molecule has 0 aliphatic heterocycles. The van der Waals surface area contributed by atoms with E-state index < -0.39 is 0 Å². The monoisotopic (exact) mass is 296 g/mol. The van der Waals surface area contributed by atoms with E-state index in [0.717, 1.165) is 25.1 Å². The van der Waals surface area contributed by atoms with Crippen LogP contribution in [0, 0.1) is 0 Å². The molecule has 7 heteroatoms. The van der Waals surface area contributed by atoms with E-state index in [0.29, 0.717) is 23.0 Å². The summed E-state index contributed by atoms with van der Waals surface area (Å²) in [5.74, 6) is 0.598. The summed E-state index contributed by atoms with van der Waals surface area (Å²) in [7, 11) is 1.56. The van der Waals surface area contributed by atoms with Crippen molar-refractivity contribution in [3.05, 3.63) is 18.2 Å². The van der Waals surface area contributed by atoms with Crippen molar-refractivity contribution in [3.63, 3.8) is 0 Å². The van der Waals surface area contributed by atoms with Crippen molar-refractivity contribution in [2.24, 2.45) is 0 Å². The molecule has 0 heterocycles. The number of thiocarbonyl (C=S) groups is 1. The molecular formula is C13H20N4O2S. The molecule has 0 aliphatic rings. The van der Waals surface area contributed by atoms with E-state index in [1.165, 1.54) is 0 Å². The number of rotatable bonds is 8. The first-order valence-corrected chi connectivity index (χ1v) is 6.80. The summed E-state index contributed by atoms with van der Waals surface area (Å²) < 4.78 is 5.24. The highest BCUT2D eigenvalue weighted by atomic mass is 32.1. The van der Waals surface area contributed by atoms with E-state index >= 15 is 0 Å². The second-order valence-electron chi connectivity index (χ2n) is 4.04. The Bertz CT molecular complexity index is 454. The lowest BCUT2D eigenvalue weighted by Crippen LogP contribution is -2.29. The van der Waals surface area contributed by atoms with Crippen LogP contribution < -0.4 is 26.2 Å². The van der Waals surface area contributed by atoms with Crippen molar-refractivity contribution in [1.29, 1.82) is 0 Å². The lowest BCUT2D eigenvalue weighted by atomic mass is 10.2. The highest BCUT2D eigenvalue weighted by Crippen LogP contribution is 2.27. The van der Waals surface area contributed by atoms with E-state index in [9.17, 15) is 4.79 Å². The number of hydrazine groups is 1. The van der Waals surface area contributed by atoms with Gasteiger partial charge in [-0.25, -0.2) is 0 Å². The fraction of sp³-hybridized carbons (Fsp3) is 0.385. The van der Waals surface area contributed by atoms with Gasteiger partial charge in [0.05, 0.1) is 12.8 Å². The van der Waals surface area contributed by atoms with Gasteiger partial charge in [0.25, 0.3) is 0 Å². The van der Waals surface area contributed by atoms with Gasteiger partial charge in [-0.3, -0.25) is 15.6 Å². The van der Waals surface area contributed by atoms with Gasteiger partial charge < -0.3 is 15.4 Å². The Hall–Kier alpha value is -2.02. The van der Waals surface area contributed by atoms with Crippen LogP contribution in [0.25, 0.3) is 0 Å². The molecule has 0 radical (unpaired) electrons. The normalized spacial score (nSPS) is 9.50. The number of hydrogen-bond donors (Lipinski definition) is 4. The zero-order valence-corrected chi connectivity index (χ0v) is 12.5. The molecule has 110 valence electrons. The SMILES string of the molecule is CCCCNC(=S)Nc1ccc(NNC=O)c(OC)c1. The standard InChI is InChI=1S/C13H20N4O2S/c1-3-4-7-14-13(20)16-10-5-6-11(17-15-9-18)12(8-10)19-2/h5-6,8-9,17H,3-4,7H2,1-2H3,(H,15,18)(H2,14,16,20). The minimum atomic E-state index is 0.554. The molecule has 0 aromatic heterocycles. The molecule has 0 atom stereocenters. The Kier molecular flexibility index (Phi) is 7.20. The molecule has 4 N–H and O–H groups in total. The maximum absolute atomic E-state index is 10.3. The Morgan fingerprint density at radius 1 is 1.45 bits per heavy atom. The van der Waals surface area contributed by atoms with Crippen molar-refractivity contribution >= 4 is 35.1 Å². The van der Waals surface area contributed by atoms with Crippen LogP contribution in [0.3, 0.4) is 0 Å². The van der Waals surface area contributed by atoms with Crippen molar-refractivity contribution < 1.29 is 9.53 Å². The molecule has 0 saturated carbocycles. The van der Waals surface area contributed by atoms with Crippen LogP contribution in [-0.2, 0) is 4.79 Å². The van der Waals surface area contributed by atoms with Gasteiger partial charge >= 0.3 is 0 Å². The molecule has 0 aliphatic carbocycles. The van der Waals surface area contributed by atoms with Gasteiger partial charge in [-0.15, -0.1) is 0 Å². The van der Waals surface area contributed by atoms with E-state index in [4.69, 9.17) is 17.0 Å². The topological polar surface area (TPSA) is 74.4 Å². The van der Waals surface area contributed by atoms with Crippen molar-refractivity contribution in [3.8, 4) is 5.75 Å². The largest absolute Gasteiger partial charge is 0.494 e. The van der Waals surface area contributed by atoms with E-state index in [1.807, 2.05) is 6.07 Å². The lowest BCUT2D eigenvalue weighted by molar-refractivity contribution is -0.109. The van der Waals surface area contributed by atoms with Crippen molar-refractivity contribution in [2.45, 2.75) is 19.8 Å².